The van der Waals surface area contributed by atoms with Crippen molar-refractivity contribution in [3.8, 4) is 65.6 Å². The van der Waals surface area contributed by atoms with Gasteiger partial charge in [-0.1, -0.05) is 109 Å². The van der Waals surface area contributed by atoms with Crippen molar-refractivity contribution in [1.29, 1.82) is 0 Å². The summed E-state index contributed by atoms with van der Waals surface area (Å²) in [4.78, 5) is 11.5. The molecule has 0 amide bonds. The first-order chi connectivity index (χ1) is 21.8. The summed E-state index contributed by atoms with van der Waals surface area (Å²) in [6.07, 6.45) is 3.67. The van der Waals surface area contributed by atoms with Crippen LogP contribution in [-0.2, 0) is 0 Å². The first-order valence-electron chi connectivity index (χ1n) is 14.5. The third kappa shape index (κ3) is 5.26. The summed E-state index contributed by atoms with van der Waals surface area (Å²) >= 11 is 3.73. The molecule has 208 valence electrons. The van der Waals surface area contributed by atoms with E-state index in [0.29, 0.717) is 0 Å². The molecule has 4 heteroatoms. The van der Waals surface area contributed by atoms with Gasteiger partial charge in [-0.25, -0.2) is 0 Å². The Bertz CT molecular complexity index is 1970. The summed E-state index contributed by atoms with van der Waals surface area (Å²) in [5.41, 5.74) is 11.6. The Hall–Kier alpha value is -5.16. The largest absolute Gasteiger partial charge is 0.256 e. The van der Waals surface area contributed by atoms with E-state index < -0.39 is 0 Å². The number of hydrogen-bond acceptors (Lipinski definition) is 4. The highest BCUT2D eigenvalue weighted by Crippen LogP contribution is 2.42. The number of pyridine rings is 2. The predicted molar refractivity (Wildman–Crippen MR) is 188 cm³/mol. The van der Waals surface area contributed by atoms with Gasteiger partial charge in [0.2, 0.25) is 0 Å². The van der Waals surface area contributed by atoms with Crippen molar-refractivity contribution < 1.29 is 0 Å². The number of aromatic nitrogens is 2. The minimum atomic E-state index is 0.996. The van der Waals surface area contributed by atoms with E-state index >= 15 is 0 Å². The summed E-state index contributed by atoms with van der Waals surface area (Å²) in [6.45, 7) is 0. The van der Waals surface area contributed by atoms with E-state index in [9.17, 15) is 0 Å². The second-order valence-corrected chi connectivity index (χ2v) is 12.9. The first kappa shape index (κ1) is 26.5. The van der Waals surface area contributed by atoms with Crippen molar-refractivity contribution in [3.05, 3.63) is 158 Å². The summed E-state index contributed by atoms with van der Waals surface area (Å²) in [7, 11) is 0. The lowest BCUT2D eigenvalue weighted by atomic mass is 10.0. The van der Waals surface area contributed by atoms with Crippen LogP contribution in [0, 0.1) is 0 Å². The Labute approximate surface area is 264 Å². The molecule has 0 fully saturated rings. The fourth-order valence-corrected chi connectivity index (χ4v) is 7.92. The fourth-order valence-electron chi connectivity index (χ4n) is 5.51. The van der Waals surface area contributed by atoms with E-state index in [1.165, 1.54) is 52.5 Å². The Morgan fingerprint density at radius 3 is 0.955 bits per heavy atom. The number of nitrogens with zero attached hydrogens (tertiary/aromatic N) is 2. The van der Waals surface area contributed by atoms with Gasteiger partial charge in [0.05, 0.1) is 11.4 Å². The molecule has 44 heavy (non-hydrogen) atoms. The summed E-state index contributed by atoms with van der Waals surface area (Å²) in [5.74, 6) is 0. The Kier molecular flexibility index (Phi) is 6.91. The van der Waals surface area contributed by atoms with Gasteiger partial charge in [0.1, 0.15) is 0 Å². The highest BCUT2D eigenvalue weighted by atomic mass is 32.1. The molecule has 8 aromatic rings. The van der Waals surface area contributed by atoms with Crippen LogP contribution in [0.1, 0.15) is 0 Å². The maximum atomic E-state index is 4.46. The average molecular weight is 599 g/mol. The van der Waals surface area contributed by atoms with E-state index in [-0.39, 0.29) is 0 Å². The molecule has 0 aliphatic rings. The predicted octanol–water partition coefficient (Wildman–Crippen LogP) is 11.8. The molecular formula is C40H26N2S2. The average Bonchev–Trinajstić information content (AvgIpc) is 3.70. The van der Waals surface area contributed by atoms with Crippen LogP contribution >= 0.6 is 22.7 Å². The molecule has 4 heterocycles. The van der Waals surface area contributed by atoms with Crippen molar-refractivity contribution in [3.63, 3.8) is 0 Å². The molecule has 0 atom stereocenters. The molecule has 4 aromatic heterocycles. The van der Waals surface area contributed by atoms with Crippen molar-refractivity contribution in [1.82, 2.24) is 9.97 Å². The van der Waals surface area contributed by atoms with E-state index in [1.807, 2.05) is 71.5 Å². The number of rotatable bonds is 6. The van der Waals surface area contributed by atoms with Crippen molar-refractivity contribution in [2.45, 2.75) is 0 Å². The molecule has 0 radical (unpaired) electrons. The second-order valence-electron chi connectivity index (χ2n) is 10.7. The molecule has 0 saturated carbocycles. The molecule has 0 aliphatic carbocycles. The third-order valence-corrected chi connectivity index (χ3v) is 10.3. The van der Waals surface area contributed by atoms with E-state index in [4.69, 9.17) is 0 Å². The fraction of sp³-hybridized carbons (Fsp3) is 0. The molecule has 0 bridgehead atoms. The SMILES string of the molecule is c1ccc(-c2ccc(-c3ccc(-c4cc5sc(-c6ccc(-c7ccc(-c8ccccn8)cc7)cc6)cc5s4)cc3)cc2)nc1. The molecular weight excluding hydrogens is 573 g/mol. The van der Waals surface area contributed by atoms with Gasteiger partial charge in [-0.05, 0) is 69.8 Å². The van der Waals surface area contributed by atoms with Gasteiger partial charge < -0.3 is 0 Å². The molecule has 0 N–H and O–H groups in total. The minimum absolute atomic E-state index is 0.996. The maximum absolute atomic E-state index is 4.46. The number of thiophene rings is 2. The molecule has 8 rings (SSSR count). The number of benzene rings is 4. The quantitative estimate of drug-likeness (QED) is 0.190. The Morgan fingerprint density at radius 2 is 0.636 bits per heavy atom. The van der Waals surface area contributed by atoms with E-state index in [1.54, 1.807) is 0 Å². The maximum Gasteiger partial charge on any atom is 0.0701 e. The monoisotopic (exact) mass is 598 g/mol. The van der Waals surface area contributed by atoms with Gasteiger partial charge in [0.15, 0.2) is 0 Å². The Balaban J connectivity index is 0.970. The van der Waals surface area contributed by atoms with Gasteiger partial charge >= 0.3 is 0 Å². The van der Waals surface area contributed by atoms with E-state index in [0.717, 1.165) is 22.5 Å². The Morgan fingerprint density at radius 1 is 0.318 bits per heavy atom. The summed E-state index contributed by atoms with van der Waals surface area (Å²) < 4.78 is 2.67. The molecule has 0 saturated heterocycles. The van der Waals surface area contributed by atoms with Crippen molar-refractivity contribution >= 4 is 32.1 Å². The standard InChI is InChI=1S/C40H26N2S2/c1-3-23-41-35(5-1)31-15-7-27(8-16-31)29-11-19-33(20-12-29)37-25-39-40(43-37)26-38(44-39)34-21-13-30(14-22-34)28-9-17-32(18-10-28)36-6-2-4-24-42-36/h1-26H. The highest BCUT2D eigenvalue weighted by Gasteiger charge is 2.11. The highest BCUT2D eigenvalue weighted by molar-refractivity contribution is 7.31. The van der Waals surface area contributed by atoms with Crippen LogP contribution in [0.3, 0.4) is 0 Å². The van der Waals surface area contributed by atoms with Crippen LogP contribution in [0.15, 0.2) is 158 Å². The second kappa shape index (κ2) is 11.5. The minimum Gasteiger partial charge on any atom is -0.256 e. The van der Waals surface area contributed by atoms with Crippen LogP contribution in [0.25, 0.3) is 75.0 Å². The zero-order valence-electron chi connectivity index (χ0n) is 23.7. The topological polar surface area (TPSA) is 25.8 Å². The first-order valence-corrected chi connectivity index (χ1v) is 16.2. The zero-order valence-corrected chi connectivity index (χ0v) is 25.4. The van der Waals surface area contributed by atoms with Gasteiger partial charge in [0, 0.05) is 42.7 Å². The van der Waals surface area contributed by atoms with Gasteiger partial charge in [-0.15, -0.1) is 22.7 Å². The van der Waals surface area contributed by atoms with Crippen LogP contribution in [0.2, 0.25) is 0 Å². The molecule has 0 aliphatic heterocycles. The normalized spacial score (nSPS) is 11.2. The molecule has 2 nitrogen and oxygen atoms in total. The van der Waals surface area contributed by atoms with Gasteiger partial charge in [-0.2, -0.15) is 0 Å². The smallest absolute Gasteiger partial charge is 0.0701 e. The van der Waals surface area contributed by atoms with Crippen LogP contribution < -0.4 is 0 Å². The molecule has 4 aromatic carbocycles. The lowest BCUT2D eigenvalue weighted by Crippen LogP contribution is -1.83. The number of fused-ring (bicyclic) bond motifs is 1. The van der Waals surface area contributed by atoms with Crippen LogP contribution in [0.5, 0.6) is 0 Å². The van der Waals surface area contributed by atoms with Gasteiger partial charge in [0.25, 0.3) is 0 Å². The van der Waals surface area contributed by atoms with Crippen molar-refractivity contribution in [2.24, 2.45) is 0 Å². The summed E-state index contributed by atoms with van der Waals surface area (Å²) in [5, 5.41) is 0. The lowest BCUT2D eigenvalue weighted by Gasteiger charge is -2.06. The third-order valence-electron chi connectivity index (χ3n) is 7.90. The molecule has 0 spiro atoms. The molecule has 0 unspecified atom stereocenters. The number of hydrogen-bond donors (Lipinski definition) is 0. The van der Waals surface area contributed by atoms with Crippen LogP contribution in [-0.4, -0.2) is 9.97 Å². The summed E-state index contributed by atoms with van der Waals surface area (Å²) in [6, 6.07) is 51.8. The lowest BCUT2D eigenvalue weighted by molar-refractivity contribution is 1.33. The zero-order chi connectivity index (χ0) is 29.3. The van der Waals surface area contributed by atoms with Crippen LogP contribution in [0.4, 0.5) is 0 Å². The van der Waals surface area contributed by atoms with Gasteiger partial charge in [-0.3, -0.25) is 9.97 Å². The van der Waals surface area contributed by atoms with Crippen molar-refractivity contribution in [2.75, 3.05) is 0 Å². The van der Waals surface area contributed by atoms with E-state index in [2.05, 4.69) is 119 Å².